The second-order valence-corrected chi connectivity index (χ2v) is 6.18. The number of hydrogen-bond acceptors (Lipinski definition) is 2. The van der Waals surface area contributed by atoms with Gasteiger partial charge in [-0.15, -0.1) is 0 Å². The fourth-order valence-electron chi connectivity index (χ4n) is 2.91. The predicted octanol–water partition coefficient (Wildman–Crippen LogP) is 3.35. The number of carboxylic acids is 1. The van der Waals surface area contributed by atoms with Crippen LogP contribution in [0.1, 0.15) is 35.3 Å². The summed E-state index contributed by atoms with van der Waals surface area (Å²) in [5.74, 6) is -1.47. The van der Waals surface area contributed by atoms with Gasteiger partial charge in [-0.2, -0.15) is 0 Å². The maximum Gasteiger partial charge on any atom is 0.335 e. The van der Waals surface area contributed by atoms with Crippen molar-refractivity contribution in [1.29, 1.82) is 0 Å². The molecule has 0 saturated carbocycles. The Labute approximate surface area is 133 Å². The van der Waals surface area contributed by atoms with Gasteiger partial charge in [0.15, 0.2) is 0 Å². The van der Waals surface area contributed by atoms with E-state index in [9.17, 15) is 19.1 Å². The molecule has 23 heavy (non-hydrogen) atoms. The van der Waals surface area contributed by atoms with Crippen molar-refractivity contribution in [3.05, 3.63) is 65.0 Å². The molecule has 5 heteroatoms. The van der Waals surface area contributed by atoms with Crippen molar-refractivity contribution < 1.29 is 19.1 Å². The first kappa shape index (κ1) is 15.2. The van der Waals surface area contributed by atoms with E-state index in [4.69, 9.17) is 0 Å². The molecule has 0 saturated heterocycles. The standard InChI is InChI=1S/C18H16FNO3/c1-18(2)14-8-5-12(16(21)22)9-15(14)20(17(18)23)10-11-3-6-13(19)7-4-11/h3-9H,10H2,1-2H3,(H,21,22). The van der Waals surface area contributed by atoms with Crippen molar-refractivity contribution in [3.8, 4) is 0 Å². The lowest BCUT2D eigenvalue weighted by Crippen LogP contribution is -2.35. The summed E-state index contributed by atoms with van der Waals surface area (Å²) in [5.41, 5.74) is 1.60. The van der Waals surface area contributed by atoms with E-state index in [-0.39, 0.29) is 23.8 Å². The summed E-state index contributed by atoms with van der Waals surface area (Å²) in [5, 5.41) is 9.17. The zero-order chi connectivity index (χ0) is 16.8. The molecule has 1 N–H and O–H groups in total. The van der Waals surface area contributed by atoms with Crippen molar-refractivity contribution in [2.24, 2.45) is 0 Å². The quantitative estimate of drug-likeness (QED) is 0.945. The Morgan fingerprint density at radius 3 is 2.43 bits per heavy atom. The highest BCUT2D eigenvalue weighted by molar-refractivity contribution is 6.08. The van der Waals surface area contributed by atoms with E-state index in [0.717, 1.165) is 11.1 Å². The lowest BCUT2D eigenvalue weighted by Gasteiger charge is -2.20. The van der Waals surface area contributed by atoms with Gasteiger partial charge in [0.05, 0.1) is 17.5 Å². The molecule has 1 aliphatic rings. The number of nitrogens with zero attached hydrogens (tertiary/aromatic N) is 1. The third kappa shape index (κ3) is 2.48. The van der Waals surface area contributed by atoms with Crippen LogP contribution >= 0.6 is 0 Å². The van der Waals surface area contributed by atoms with Crippen LogP contribution in [0.2, 0.25) is 0 Å². The smallest absolute Gasteiger partial charge is 0.335 e. The molecular formula is C18H16FNO3. The Hall–Kier alpha value is -2.69. The Balaban J connectivity index is 2.04. The topological polar surface area (TPSA) is 57.6 Å². The number of hydrogen-bond donors (Lipinski definition) is 1. The maximum absolute atomic E-state index is 13.0. The van der Waals surface area contributed by atoms with Crippen LogP contribution < -0.4 is 4.90 Å². The summed E-state index contributed by atoms with van der Waals surface area (Å²) >= 11 is 0. The Kier molecular flexibility index (Phi) is 3.43. The van der Waals surface area contributed by atoms with E-state index >= 15 is 0 Å². The van der Waals surface area contributed by atoms with E-state index in [0.29, 0.717) is 5.69 Å². The minimum Gasteiger partial charge on any atom is -0.478 e. The lowest BCUT2D eigenvalue weighted by molar-refractivity contribution is -0.122. The first-order valence-corrected chi connectivity index (χ1v) is 7.25. The SMILES string of the molecule is CC1(C)C(=O)N(Cc2ccc(F)cc2)c2cc(C(=O)O)ccc21. The van der Waals surface area contributed by atoms with E-state index < -0.39 is 11.4 Å². The number of benzene rings is 2. The molecule has 0 atom stereocenters. The average molecular weight is 313 g/mol. The third-order valence-electron chi connectivity index (χ3n) is 4.24. The average Bonchev–Trinajstić information content (AvgIpc) is 2.70. The van der Waals surface area contributed by atoms with Gasteiger partial charge in [0.2, 0.25) is 5.91 Å². The van der Waals surface area contributed by atoms with E-state index in [1.54, 1.807) is 23.1 Å². The number of anilines is 1. The van der Waals surface area contributed by atoms with Gasteiger partial charge in [0.1, 0.15) is 5.82 Å². The van der Waals surface area contributed by atoms with Crippen LogP contribution in [0.25, 0.3) is 0 Å². The number of carbonyl (C=O) groups is 2. The minimum absolute atomic E-state index is 0.0978. The minimum atomic E-state index is -1.04. The van der Waals surface area contributed by atoms with Crippen LogP contribution in [0.5, 0.6) is 0 Å². The lowest BCUT2D eigenvalue weighted by atomic mass is 9.86. The van der Waals surface area contributed by atoms with Gasteiger partial charge < -0.3 is 10.0 Å². The zero-order valence-electron chi connectivity index (χ0n) is 12.8. The Bertz CT molecular complexity index is 796. The monoisotopic (exact) mass is 313 g/mol. The second-order valence-electron chi connectivity index (χ2n) is 6.18. The van der Waals surface area contributed by atoms with Gasteiger partial charge in [-0.25, -0.2) is 9.18 Å². The summed E-state index contributed by atoms with van der Waals surface area (Å²) in [6, 6.07) is 10.7. The molecule has 0 radical (unpaired) electrons. The highest BCUT2D eigenvalue weighted by Crippen LogP contribution is 2.42. The van der Waals surface area contributed by atoms with Gasteiger partial charge in [-0.3, -0.25) is 4.79 Å². The van der Waals surface area contributed by atoms with E-state index in [1.807, 2.05) is 13.8 Å². The molecule has 0 spiro atoms. The molecule has 1 heterocycles. The molecule has 2 aromatic carbocycles. The second kappa shape index (κ2) is 5.19. The van der Waals surface area contributed by atoms with Crippen LogP contribution in [-0.2, 0) is 16.8 Å². The molecule has 0 aliphatic carbocycles. The number of rotatable bonds is 3. The van der Waals surface area contributed by atoms with Crippen LogP contribution in [0.4, 0.5) is 10.1 Å². The maximum atomic E-state index is 13.0. The summed E-state index contributed by atoms with van der Waals surface area (Å²) in [4.78, 5) is 25.5. The highest BCUT2D eigenvalue weighted by atomic mass is 19.1. The molecule has 0 bridgehead atoms. The highest BCUT2D eigenvalue weighted by Gasteiger charge is 2.43. The molecular weight excluding hydrogens is 297 g/mol. The molecule has 0 unspecified atom stereocenters. The third-order valence-corrected chi connectivity index (χ3v) is 4.24. The first-order valence-electron chi connectivity index (χ1n) is 7.25. The van der Waals surface area contributed by atoms with Crippen molar-refractivity contribution in [3.63, 3.8) is 0 Å². The molecule has 118 valence electrons. The molecule has 3 rings (SSSR count). The van der Waals surface area contributed by atoms with Crippen molar-refractivity contribution in [2.45, 2.75) is 25.8 Å². The fourth-order valence-corrected chi connectivity index (χ4v) is 2.91. The first-order chi connectivity index (χ1) is 10.8. The zero-order valence-corrected chi connectivity index (χ0v) is 12.8. The van der Waals surface area contributed by atoms with Crippen LogP contribution in [-0.4, -0.2) is 17.0 Å². The van der Waals surface area contributed by atoms with Crippen molar-refractivity contribution in [2.75, 3.05) is 4.90 Å². The van der Waals surface area contributed by atoms with Gasteiger partial charge in [-0.05, 0) is 49.2 Å². The molecule has 2 aromatic rings. The fraction of sp³-hybridized carbons (Fsp3) is 0.222. The van der Waals surface area contributed by atoms with Crippen LogP contribution in [0, 0.1) is 5.82 Å². The van der Waals surface area contributed by atoms with Gasteiger partial charge in [0, 0.05) is 5.69 Å². The number of aromatic carboxylic acids is 1. The molecule has 0 fully saturated rings. The molecule has 0 aromatic heterocycles. The van der Waals surface area contributed by atoms with E-state index in [2.05, 4.69) is 0 Å². The summed E-state index contributed by atoms with van der Waals surface area (Å²) < 4.78 is 13.0. The van der Waals surface area contributed by atoms with Gasteiger partial charge in [0.25, 0.3) is 0 Å². The molecule has 1 amide bonds. The van der Waals surface area contributed by atoms with Crippen molar-refractivity contribution >= 4 is 17.6 Å². The summed E-state index contributed by atoms with van der Waals surface area (Å²) in [7, 11) is 0. The van der Waals surface area contributed by atoms with Gasteiger partial charge in [-0.1, -0.05) is 18.2 Å². The van der Waals surface area contributed by atoms with Gasteiger partial charge >= 0.3 is 5.97 Å². The van der Waals surface area contributed by atoms with Crippen LogP contribution in [0.15, 0.2) is 42.5 Å². The number of fused-ring (bicyclic) bond motifs is 1. The van der Waals surface area contributed by atoms with Crippen LogP contribution in [0.3, 0.4) is 0 Å². The Morgan fingerprint density at radius 1 is 1.17 bits per heavy atom. The van der Waals surface area contributed by atoms with E-state index in [1.165, 1.54) is 24.3 Å². The largest absolute Gasteiger partial charge is 0.478 e. The number of halogens is 1. The molecule has 4 nitrogen and oxygen atoms in total. The molecule has 1 aliphatic heterocycles. The number of carbonyl (C=O) groups excluding carboxylic acids is 1. The predicted molar refractivity (Wildman–Crippen MR) is 84.0 cm³/mol. The summed E-state index contributed by atoms with van der Waals surface area (Å²) in [6.45, 7) is 3.91. The number of amides is 1. The summed E-state index contributed by atoms with van der Waals surface area (Å²) in [6.07, 6.45) is 0. The number of carboxylic acid groups (broad SMARTS) is 1. The normalized spacial score (nSPS) is 15.6. The van der Waals surface area contributed by atoms with Crippen molar-refractivity contribution in [1.82, 2.24) is 0 Å². The Morgan fingerprint density at radius 2 is 1.83 bits per heavy atom.